The maximum atomic E-state index is 12.5. The van der Waals surface area contributed by atoms with Crippen LogP contribution in [0.25, 0.3) is 10.8 Å². The molecule has 1 aromatic carbocycles. The minimum absolute atomic E-state index is 0.0428. The largest absolute Gasteiger partial charge is 0.356 e. The van der Waals surface area contributed by atoms with Crippen molar-refractivity contribution < 1.29 is 4.79 Å². The summed E-state index contributed by atoms with van der Waals surface area (Å²) >= 11 is 0. The van der Waals surface area contributed by atoms with E-state index in [9.17, 15) is 4.79 Å². The predicted octanol–water partition coefficient (Wildman–Crippen LogP) is 2.96. The summed E-state index contributed by atoms with van der Waals surface area (Å²) in [6, 6.07) is 10.5. The van der Waals surface area contributed by atoms with Crippen LogP contribution in [0.4, 0.5) is 5.82 Å². The van der Waals surface area contributed by atoms with Crippen LogP contribution in [-0.4, -0.2) is 52.3 Å². The minimum Gasteiger partial charge on any atom is -0.356 e. The molecule has 6 heteroatoms. The fourth-order valence-electron chi connectivity index (χ4n) is 3.91. The Kier molecular flexibility index (Phi) is 4.79. The third-order valence-electron chi connectivity index (χ3n) is 5.40. The molecule has 0 saturated carbocycles. The number of aryl methyl sites for hydroxylation is 1. The van der Waals surface area contributed by atoms with E-state index in [-0.39, 0.29) is 5.91 Å². The van der Waals surface area contributed by atoms with Gasteiger partial charge in [-0.2, -0.15) is 5.10 Å². The Hall–Kier alpha value is -2.89. The van der Waals surface area contributed by atoms with Crippen molar-refractivity contribution in [2.45, 2.75) is 12.8 Å². The SMILES string of the molecule is CN(CC1CCN(c2nccc3ccccc23)CC1)C(=O)c1cnn(C)c1. The second kappa shape index (κ2) is 7.39. The molecule has 3 aromatic rings. The molecule has 0 spiro atoms. The van der Waals surface area contributed by atoms with E-state index in [1.54, 1.807) is 17.1 Å². The molecule has 6 nitrogen and oxygen atoms in total. The van der Waals surface area contributed by atoms with Crippen molar-refractivity contribution in [2.24, 2.45) is 13.0 Å². The van der Waals surface area contributed by atoms with E-state index in [4.69, 9.17) is 0 Å². The number of hydrogen-bond donors (Lipinski definition) is 0. The van der Waals surface area contributed by atoms with Gasteiger partial charge in [-0.15, -0.1) is 0 Å². The lowest BCUT2D eigenvalue weighted by Gasteiger charge is -2.35. The highest BCUT2D eigenvalue weighted by atomic mass is 16.2. The van der Waals surface area contributed by atoms with Gasteiger partial charge in [0.15, 0.2) is 0 Å². The molecule has 4 rings (SSSR count). The molecule has 27 heavy (non-hydrogen) atoms. The van der Waals surface area contributed by atoms with Gasteiger partial charge in [0.2, 0.25) is 0 Å². The molecule has 1 aliphatic heterocycles. The number of benzene rings is 1. The van der Waals surface area contributed by atoms with Gasteiger partial charge in [0.05, 0.1) is 11.8 Å². The molecule has 3 heterocycles. The summed E-state index contributed by atoms with van der Waals surface area (Å²) in [4.78, 5) is 21.4. The van der Waals surface area contributed by atoms with Crippen LogP contribution in [0.3, 0.4) is 0 Å². The summed E-state index contributed by atoms with van der Waals surface area (Å²) in [5.41, 5.74) is 0.650. The van der Waals surface area contributed by atoms with Gasteiger partial charge in [-0.3, -0.25) is 9.48 Å². The molecule has 2 aromatic heterocycles. The van der Waals surface area contributed by atoms with Crippen LogP contribution in [0.2, 0.25) is 0 Å². The van der Waals surface area contributed by atoms with E-state index in [2.05, 4.69) is 45.3 Å². The third-order valence-corrected chi connectivity index (χ3v) is 5.40. The average Bonchev–Trinajstić information content (AvgIpc) is 3.14. The van der Waals surface area contributed by atoms with E-state index in [1.165, 1.54) is 10.8 Å². The van der Waals surface area contributed by atoms with E-state index >= 15 is 0 Å². The summed E-state index contributed by atoms with van der Waals surface area (Å²) in [7, 11) is 3.71. The Labute approximate surface area is 159 Å². The minimum atomic E-state index is 0.0428. The molecule has 0 N–H and O–H groups in total. The highest BCUT2D eigenvalue weighted by molar-refractivity contribution is 5.93. The van der Waals surface area contributed by atoms with E-state index in [0.717, 1.165) is 38.3 Å². The molecule has 1 amide bonds. The Bertz CT molecular complexity index is 937. The monoisotopic (exact) mass is 363 g/mol. The summed E-state index contributed by atoms with van der Waals surface area (Å²) in [6.45, 7) is 2.73. The number of fused-ring (bicyclic) bond motifs is 1. The van der Waals surface area contributed by atoms with Crippen molar-refractivity contribution in [1.29, 1.82) is 0 Å². The number of piperidine rings is 1. The number of pyridine rings is 1. The topological polar surface area (TPSA) is 54.3 Å². The summed E-state index contributed by atoms with van der Waals surface area (Å²) in [6.07, 6.45) is 7.43. The van der Waals surface area contributed by atoms with Crippen LogP contribution in [0.15, 0.2) is 48.9 Å². The fraction of sp³-hybridized carbons (Fsp3) is 0.381. The quantitative estimate of drug-likeness (QED) is 0.715. The van der Waals surface area contributed by atoms with Crippen molar-refractivity contribution in [3.05, 3.63) is 54.5 Å². The maximum absolute atomic E-state index is 12.5. The van der Waals surface area contributed by atoms with E-state index < -0.39 is 0 Å². The summed E-state index contributed by atoms with van der Waals surface area (Å²) in [5.74, 6) is 1.63. The molecule has 140 valence electrons. The van der Waals surface area contributed by atoms with Crippen LogP contribution in [0.1, 0.15) is 23.2 Å². The lowest BCUT2D eigenvalue weighted by Crippen LogP contribution is -2.39. The predicted molar refractivity (Wildman–Crippen MR) is 107 cm³/mol. The molecule has 1 aliphatic rings. The van der Waals surface area contributed by atoms with Crippen LogP contribution in [-0.2, 0) is 7.05 Å². The van der Waals surface area contributed by atoms with Gasteiger partial charge in [-0.05, 0) is 30.2 Å². The van der Waals surface area contributed by atoms with Crippen molar-refractivity contribution >= 4 is 22.5 Å². The van der Waals surface area contributed by atoms with Crippen molar-refractivity contribution in [1.82, 2.24) is 19.7 Å². The Morgan fingerprint density at radius 3 is 2.74 bits per heavy atom. The first kappa shape index (κ1) is 17.5. The number of hydrogen-bond acceptors (Lipinski definition) is 4. The zero-order valence-corrected chi connectivity index (χ0v) is 15.9. The number of amides is 1. The van der Waals surface area contributed by atoms with Crippen LogP contribution in [0.5, 0.6) is 0 Å². The number of carbonyl (C=O) groups excluding carboxylic acids is 1. The number of aromatic nitrogens is 3. The Morgan fingerprint density at radius 2 is 2.00 bits per heavy atom. The van der Waals surface area contributed by atoms with E-state index in [0.29, 0.717) is 11.5 Å². The van der Waals surface area contributed by atoms with Gasteiger partial charge in [-0.1, -0.05) is 24.3 Å². The highest BCUT2D eigenvalue weighted by Crippen LogP contribution is 2.28. The first-order valence-corrected chi connectivity index (χ1v) is 9.44. The Morgan fingerprint density at radius 1 is 1.22 bits per heavy atom. The van der Waals surface area contributed by atoms with Gasteiger partial charge in [0.1, 0.15) is 5.82 Å². The molecule has 0 aliphatic carbocycles. The van der Waals surface area contributed by atoms with Crippen LogP contribution < -0.4 is 4.90 Å². The Balaban J connectivity index is 1.38. The molecule has 1 saturated heterocycles. The molecule has 1 fully saturated rings. The normalized spacial score (nSPS) is 15.3. The molecule has 0 unspecified atom stereocenters. The smallest absolute Gasteiger partial charge is 0.256 e. The molecule has 0 atom stereocenters. The highest BCUT2D eigenvalue weighted by Gasteiger charge is 2.24. The summed E-state index contributed by atoms with van der Waals surface area (Å²) < 4.78 is 1.66. The molecular weight excluding hydrogens is 338 g/mol. The third kappa shape index (κ3) is 3.65. The molecule has 0 radical (unpaired) electrons. The zero-order valence-electron chi connectivity index (χ0n) is 15.9. The van der Waals surface area contributed by atoms with Gasteiger partial charge < -0.3 is 9.80 Å². The van der Waals surface area contributed by atoms with Crippen LogP contribution >= 0.6 is 0 Å². The molecular formula is C21H25N5O. The number of anilines is 1. The lowest BCUT2D eigenvalue weighted by molar-refractivity contribution is 0.0765. The van der Waals surface area contributed by atoms with Gasteiger partial charge >= 0.3 is 0 Å². The van der Waals surface area contributed by atoms with Gasteiger partial charge in [0, 0.05) is 51.5 Å². The maximum Gasteiger partial charge on any atom is 0.256 e. The van der Waals surface area contributed by atoms with E-state index in [1.807, 2.05) is 25.2 Å². The number of nitrogens with zero attached hydrogens (tertiary/aromatic N) is 5. The standard InChI is InChI=1S/C21H25N5O/c1-24(21(27)18-13-23-25(2)15-18)14-16-8-11-26(12-9-16)20-19-6-4-3-5-17(19)7-10-22-20/h3-7,10,13,15-16H,8-9,11-12,14H2,1-2H3. The van der Waals surface area contributed by atoms with Crippen LogP contribution in [0, 0.1) is 5.92 Å². The average molecular weight is 363 g/mol. The first-order chi connectivity index (χ1) is 13.1. The number of carbonyl (C=O) groups is 1. The fourth-order valence-corrected chi connectivity index (χ4v) is 3.91. The number of rotatable bonds is 4. The zero-order chi connectivity index (χ0) is 18.8. The lowest BCUT2D eigenvalue weighted by atomic mass is 9.95. The second-order valence-electron chi connectivity index (χ2n) is 7.37. The van der Waals surface area contributed by atoms with Crippen molar-refractivity contribution in [2.75, 3.05) is 31.6 Å². The van der Waals surface area contributed by atoms with Gasteiger partial charge in [0.25, 0.3) is 5.91 Å². The first-order valence-electron chi connectivity index (χ1n) is 9.44. The van der Waals surface area contributed by atoms with Crippen molar-refractivity contribution in [3.63, 3.8) is 0 Å². The van der Waals surface area contributed by atoms with Crippen molar-refractivity contribution in [3.8, 4) is 0 Å². The summed E-state index contributed by atoms with van der Waals surface area (Å²) in [5, 5.41) is 6.53. The molecule has 0 bridgehead atoms. The second-order valence-corrected chi connectivity index (χ2v) is 7.37. The van der Waals surface area contributed by atoms with Gasteiger partial charge in [-0.25, -0.2) is 4.98 Å².